The highest BCUT2D eigenvalue weighted by Gasteiger charge is 2.11. The van der Waals surface area contributed by atoms with Crippen LogP contribution in [0.25, 0.3) is 0 Å². The minimum Gasteiger partial charge on any atom is -0.399 e. The number of rotatable bonds is 5. The van der Waals surface area contributed by atoms with E-state index in [-0.39, 0.29) is 0 Å². The van der Waals surface area contributed by atoms with Crippen LogP contribution in [0.5, 0.6) is 0 Å². The number of aromatic nitrogens is 1. The van der Waals surface area contributed by atoms with E-state index < -0.39 is 6.10 Å². The molecule has 0 amide bonds. The van der Waals surface area contributed by atoms with Gasteiger partial charge in [-0.3, -0.25) is 4.90 Å². The summed E-state index contributed by atoms with van der Waals surface area (Å²) in [5.74, 6) is 0. The molecule has 0 spiro atoms. The van der Waals surface area contributed by atoms with E-state index in [1.807, 2.05) is 30.1 Å². The first-order valence-electron chi connectivity index (χ1n) is 5.74. The Balaban J connectivity index is 1.90. The first kappa shape index (κ1) is 13.0. The number of aliphatic hydroxyl groups excluding tert-OH is 1. The van der Waals surface area contributed by atoms with E-state index in [1.54, 1.807) is 23.5 Å². The van der Waals surface area contributed by atoms with Gasteiger partial charge >= 0.3 is 0 Å². The molecule has 4 nitrogen and oxygen atoms in total. The molecule has 1 unspecified atom stereocenters. The fraction of sp³-hybridized carbons (Fsp3) is 0.308. The fourth-order valence-corrected chi connectivity index (χ4v) is 2.33. The molecule has 96 valence electrons. The van der Waals surface area contributed by atoms with Crippen LogP contribution in [0.1, 0.15) is 17.4 Å². The van der Waals surface area contributed by atoms with Gasteiger partial charge in [-0.1, -0.05) is 12.1 Å². The van der Waals surface area contributed by atoms with Crippen LogP contribution in [0.4, 0.5) is 5.69 Å². The average Bonchev–Trinajstić information content (AvgIpc) is 2.82. The van der Waals surface area contributed by atoms with E-state index in [0.717, 1.165) is 17.8 Å². The third-order valence-electron chi connectivity index (χ3n) is 2.72. The van der Waals surface area contributed by atoms with Crippen LogP contribution in [0.3, 0.4) is 0 Å². The zero-order valence-electron chi connectivity index (χ0n) is 10.3. The number of thiazole rings is 1. The zero-order valence-corrected chi connectivity index (χ0v) is 11.1. The van der Waals surface area contributed by atoms with Crippen LogP contribution in [0, 0.1) is 0 Å². The predicted molar refractivity (Wildman–Crippen MR) is 74.3 cm³/mol. The lowest BCUT2D eigenvalue weighted by molar-refractivity contribution is 0.123. The summed E-state index contributed by atoms with van der Waals surface area (Å²) in [7, 11) is 1.97. The van der Waals surface area contributed by atoms with Gasteiger partial charge in [0.2, 0.25) is 0 Å². The molecule has 2 aromatic rings. The monoisotopic (exact) mass is 263 g/mol. The molecule has 0 saturated carbocycles. The molecule has 0 bridgehead atoms. The third kappa shape index (κ3) is 3.53. The number of aliphatic hydroxyl groups is 1. The maximum Gasteiger partial charge on any atom is 0.0916 e. The van der Waals surface area contributed by atoms with Crippen LogP contribution in [-0.2, 0) is 6.54 Å². The molecule has 1 aromatic carbocycles. The largest absolute Gasteiger partial charge is 0.399 e. The molecule has 18 heavy (non-hydrogen) atoms. The van der Waals surface area contributed by atoms with Crippen LogP contribution < -0.4 is 5.73 Å². The van der Waals surface area contributed by atoms with Gasteiger partial charge in [0, 0.05) is 24.2 Å². The quantitative estimate of drug-likeness (QED) is 0.809. The summed E-state index contributed by atoms with van der Waals surface area (Å²) in [5, 5.41) is 12.1. The molecule has 2 rings (SSSR count). The first-order chi connectivity index (χ1) is 8.65. The van der Waals surface area contributed by atoms with E-state index in [4.69, 9.17) is 5.73 Å². The molecule has 0 radical (unpaired) electrons. The van der Waals surface area contributed by atoms with Crippen LogP contribution in [0.2, 0.25) is 0 Å². The Morgan fingerprint density at radius 1 is 1.39 bits per heavy atom. The summed E-state index contributed by atoms with van der Waals surface area (Å²) in [4.78, 5) is 6.28. The lowest BCUT2D eigenvalue weighted by Gasteiger charge is -2.20. The molecular formula is C13H17N3OS. The Morgan fingerprint density at radius 3 is 2.72 bits per heavy atom. The summed E-state index contributed by atoms with van der Waals surface area (Å²) in [6.45, 7) is 1.32. The average molecular weight is 263 g/mol. The van der Waals surface area contributed by atoms with E-state index in [2.05, 4.69) is 9.88 Å². The highest BCUT2D eigenvalue weighted by Crippen LogP contribution is 2.16. The number of likely N-dealkylation sites (N-methyl/N-ethyl adjacent to an activating group) is 1. The van der Waals surface area contributed by atoms with Crippen molar-refractivity contribution >= 4 is 17.0 Å². The maximum absolute atomic E-state index is 10.1. The van der Waals surface area contributed by atoms with Gasteiger partial charge in [0.1, 0.15) is 0 Å². The Kier molecular flexibility index (Phi) is 4.30. The molecule has 1 aromatic heterocycles. The normalized spacial score (nSPS) is 12.8. The van der Waals surface area contributed by atoms with E-state index in [1.165, 1.54) is 0 Å². The Bertz CT molecular complexity index is 469. The Morgan fingerprint density at radius 2 is 2.11 bits per heavy atom. The van der Waals surface area contributed by atoms with E-state index in [0.29, 0.717) is 12.2 Å². The van der Waals surface area contributed by atoms with E-state index >= 15 is 0 Å². The Hall–Kier alpha value is -1.43. The van der Waals surface area contributed by atoms with Gasteiger partial charge in [-0.25, -0.2) is 4.98 Å². The predicted octanol–water partition coefficient (Wildman–Crippen LogP) is 1.89. The number of nitrogens with zero attached hydrogens (tertiary/aromatic N) is 2. The molecule has 0 saturated heterocycles. The van der Waals surface area contributed by atoms with Crippen LogP contribution in [0.15, 0.2) is 35.2 Å². The van der Waals surface area contributed by atoms with Crippen molar-refractivity contribution in [2.24, 2.45) is 0 Å². The van der Waals surface area contributed by atoms with Crippen molar-refractivity contribution in [3.63, 3.8) is 0 Å². The van der Waals surface area contributed by atoms with Gasteiger partial charge in [0.25, 0.3) is 0 Å². The topological polar surface area (TPSA) is 62.4 Å². The minimum atomic E-state index is -0.505. The molecule has 0 fully saturated rings. The van der Waals surface area contributed by atoms with Crippen molar-refractivity contribution in [3.05, 3.63) is 46.4 Å². The van der Waals surface area contributed by atoms with Gasteiger partial charge in [0.15, 0.2) is 0 Å². The number of anilines is 1. The second-order valence-electron chi connectivity index (χ2n) is 4.36. The third-order valence-corrected chi connectivity index (χ3v) is 3.36. The lowest BCUT2D eigenvalue weighted by Crippen LogP contribution is -2.24. The molecule has 3 N–H and O–H groups in total. The zero-order chi connectivity index (χ0) is 13.0. The SMILES string of the molecule is CN(Cc1cscn1)CC(O)c1ccc(N)cc1. The molecule has 0 aliphatic rings. The van der Waals surface area contributed by atoms with Gasteiger partial charge in [0.05, 0.1) is 17.3 Å². The van der Waals surface area contributed by atoms with Crippen LogP contribution >= 0.6 is 11.3 Å². The van der Waals surface area contributed by atoms with Crippen LogP contribution in [-0.4, -0.2) is 28.6 Å². The van der Waals surface area contributed by atoms with Gasteiger partial charge in [-0.15, -0.1) is 11.3 Å². The highest BCUT2D eigenvalue weighted by molar-refractivity contribution is 7.07. The summed E-state index contributed by atoms with van der Waals surface area (Å²) in [6.07, 6.45) is -0.505. The summed E-state index contributed by atoms with van der Waals surface area (Å²) in [6, 6.07) is 7.32. The van der Waals surface area contributed by atoms with Crippen molar-refractivity contribution in [2.75, 3.05) is 19.3 Å². The molecule has 1 atom stereocenters. The number of hydrogen-bond acceptors (Lipinski definition) is 5. The van der Waals surface area contributed by atoms with E-state index in [9.17, 15) is 5.11 Å². The van der Waals surface area contributed by atoms with Crippen molar-refractivity contribution in [1.29, 1.82) is 0 Å². The molecule has 0 aliphatic heterocycles. The molecule has 0 aliphatic carbocycles. The smallest absolute Gasteiger partial charge is 0.0916 e. The standard InChI is InChI=1S/C13H17N3OS/c1-16(6-12-8-18-9-15-12)7-13(17)10-2-4-11(14)5-3-10/h2-5,8-9,13,17H,6-7,14H2,1H3. The number of benzene rings is 1. The minimum absolute atomic E-state index is 0.505. The highest BCUT2D eigenvalue weighted by atomic mass is 32.1. The summed E-state index contributed by atoms with van der Waals surface area (Å²) < 4.78 is 0. The van der Waals surface area contributed by atoms with Gasteiger partial charge < -0.3 is 10.8 Å². The number of nitrogens with two attached hydrogens (primary N) is 1. The van der Waals surface area contributed by atoms with Crippen molar-refractivity contribution < 1.29 is 5.11 Å². The fourth-order valence-electron chi connectivity index (χ4n) is 1.78. The molecular weight excluding hydrogens is 246 g/mol. The summed E-state index contributed by atoms with van der Waals surface area (Å²) >= 11 is 1.58. The molecule has 5 heteroatoms. The second-order valence-corrected chi connectivity index (χ2v) is 5.08. The van der Waals surface area contributed by atoms with Crippen molar-refractivity contribution in [1.82, 2.24) is 9.88 Å². The van der Waals surface area contributed by atoms with Gasteiger partial charge in [-0.05, 0) is 24.7 Å². The van der Waals surface area contributed by atoms with Gasteiger partial charge in [-0.2, -0.15) is 0 Å². The maximum atomic E-state index is 10.1. The number of nitrogen functional groups attached to an aromatic ring is 1. The second kappa shape index (κ2) is 5.95. The molecule has 1 heterocycles. The van der Waals surface area contributed by atoms with Crippen molar-refractivity contribution in [3.8, 4) is 0 Å². The lowest BCUT2D eigenvalue weighted by atomic mass is 10.1. The first-order valence-corrected chi connectivity index (χ1v) is 6.68. The Labute approximate surface area is 111 Å². The number of hydrogen-bond donors (Lipinski definition) is 2. The summed E-state index contributed by atoms with van der Waals surface area (Å²) in [5.41, 5.74) is 10.1. The van der Waals surface area contributed by atoms with Crippen molar-refractivity contribution in [2.45, 2.75) is 12.6 Å².